The summed E-state index contributed by atoms with van der Waals surface area (Å²) in [5.74, 6) is -0.302. The topological polar surface area (TPSA) is 103 Å². The Bertz CT molecular complexity index is 835. The Morgan fingerprint density at radius 3 is 2.62 bits per heavy atom. The quantitative estimate of drug-likeness (QED) is 0.466. The van der Waals surface area contributed by atoms with Gasteiger partial charge in [-0.15, -0.1) is 0 Å². The number of nitrogens with zero attached hydrogens (tertiary/aromatic N) is 6. The van der Waals surface area contributed by atoms with Gasteiger partial charge in [0.15, 0.2) is 17.9 Å². The number of ether oxygens (including phenoxy) is 1. The summed E-state index contributed by atoms with van der Waals surface area (Å²) in [5.41, 5.74) is -0.846. The number of esters is 1. The molecule has 0 bridgehead atoms. The fraction of sp³-hybridized carbons (Fsp3) is 0.467. The van der Waals surface area contributed by atoms with Crippen LogP contribution in [0.2, 0.25) is 0 Å². The molecule has 24 heavy (non-hydrogen) atoms. The maximum atomic E-state index is 12.1. The number of hydrogen-bond acceptors (Lipinski definition) is 7. The molecule has 0 saturated heterocycles. The van der Waals surface area contributed by atoms with Gasteiger partial charge in [-0.3, -0.25) is 14.2 Å². The predicted molar refractivity (Wildman–Crippen MR) is 89.0 cm³/mol. The number of hydrogen-bond donors (Lipinski definition) is 0. The average molecular weight is 332 g/mol. The molecule has 0 aliphatic heterocycles. The lowest BCUT2D eigenvalue weighted by Crippen LogP contribution is -2.25. The highest BCUT2D eigenvalue weighted by molar-refractivity contribution is 5.75. The van der Waals surface area contributed by atoms with E-state index in [1.807, 2.05) is 0 Å². The van der Waals surface area contributed by atoms with Crippen LogP contribution in [0.5, 0.6) is 0 Å². The van der Waals surface area contributed by atoms with Crippen LogP contribution in [0.15, 0.2) is 22.2 Å². The lowest BCUT2D eigenvalue weighted by Gasteiger charge is -2.18. The zero-order valence-electron chi connectivity index (χ0n) is 14.3. The Hall–Kier alpha value is -2.84. The largest absolute Gasteiger partial charge is 0.443 e. The van der Waals surface area contributed by atoms with E-state index in [9.17, 15) is 9.59 Å². The molecule has 2 aromatic rings. The van der Waals surface area contributed by atoms with E-state index in [0.29, 0.717) is 0 Å². The van der Waals surface area contributed by atoms with Crippen LogP contribution in [0.1, 0.15) is 20.8 Å². The molecule has 0 unspecified atom stereocenters. The summed E-state index contributed by atoms with van der Waals surface area (Å²) >= 11 is 0. The van der Waals surface area contributed by atoms with Crippen LogP contribution >= 0.6 is 0 Å². The van der Waals surface area contributed by atoms with E-state index in [-0.39, 0.29) is 29.8 Å². The molecule has 128 valence electrons. The van der Waals surface area contributed by atoms with Gasteiger partial charge in [0, 0.05) is 26.5 Å². The smallest absolute Gasteiger partial charge is 0.312 e. The Labute approximate surface area is 139 Å². The molecule has 0 amide bonds. The van der Waals surface area contributed by atoms with Gasteiger partial charge < -0.3 is 9.64 Å². The fourth-order valence-corrected chi connectivity index (χ4v) is 1.70. The number of rotatable bonds is 4. The molecule has 0 N–H and O–H groups in total. The summed E-state index contributed by atoms with van der Waals surface area (Å²) in [6, 6.07) is 0. The van der Waals surface area contributed by atoms with E-state index >= 15 is 0 Å². The summed E-state index contributed by atoms with van der Waals surface area (Å²) < 4.78 is 6.75. The van der Waals surface area contributed by atoms with Crippen molar-refractivity contribution in [1.82, 2.24) is 24.4 Å². The van der Waals surface area contributed by atoms with E-state index in [0.717, 1.165) is 0 Å². The molecule has 2 heterocycles. The van der Waals surface area contributed by atoms with Gasteiger partial charge in [-0.25, -0.2) is 15.0 Å². The third-order valence-corrected chi connectivity index (χ3v) is 2.92. The van der Waals surface area contributed by atoms with Gasteiger partial charge in [0.05, 0.1) is 11.8 Å². The number of aromatic nitrogens is 4. The second kappa shape index (κ2) is 6.73. The molecule has 9 nitrogen and oxygen atoms in total. The van der Waals surface area contributed by atoms with Gasteiger partial charge in [0.25, 0.3) is 0 Å². The zero-order chi connectivity index (χ0) is 17.9. The molecular formula is C15H20N6O3. The van der Waals surface area contributed by atoms with E-state index in [2.05, 4.69) is 19.9 Å². The third kappa shape index (κ3) is 3.92. The number of aliphatic imine (C=N–C) groups is 1. The van der Waals surface area contributed by atoms with Crippen molar-refractivity contribution in [3.63, 3.8) is 0 Å². The number of fused-ring (bicyclic) bond motifs is 1. The molecule has 0 aliphatic carbocycles. The normalized spacial score (nSPS) is 11.9. The lowest BCUT2D eigenvalue weighted by molar-refractivity contribution is -0.156. The van der Waals surface area contributed by atoms with Crippen LogP contribution < -0.4 is 5.56 Å². The zero-order valence-corrected chi connectivity index (χ0v) is 14.3. The molecule has 0 saturated carbocycles. The average Bonchev–Trinajstić information content (AvgIpc) is 2.51. The van der Waals surface area contributed by atoms with E-state index in [1.54, 1.807) is 39.8 Å². The molecule has 0 atom stereocenters. The molecule has 2 aromatic heterocycles. The van der Waals surface area contributed by atoms with E-state index in [4.69, 9.17) is 4.74 Å². The number of carbonyl (C=O) groups is 1. The first-order valence-corrected chi connectivity index (χ1v) is 7.29. The minimum Gasteiger partial charge on any atom is -0.443 e. The van der Waals surface area contributed by atoms with Crippen LogP contribution in [0.4, 0.5) is 5.95 Å². The van der Waals surface area contributed by atoms with Crippen LogP contribution in [0, 0.1) is 5.41 Å². The predicted octanol–water partition coefficient (Wildman–Crippen LogP) is 0.955. The van der Waals surface area contributed by atoms with Crippen molar-refractivity contribution in [2.45, 2.75) is 27.5 Å². The van der Waals surface area contributed by atoms with Crippen molar-refractivity contribution >= 4 is 29.4 Å². The van der Waals surface area contributed by atoms with Crippen LogP contribution in [-0.2, 0) is 16.3 Å². The molecule has 0 aromatic carbocycles. The van der Waals surface area contributed by atoms with Gasteiger partial charge in [-0.05, 0) is 20.8 Å². The highest BCUT2D eigenvalue weighted by atomic mass is 16.5. The molecule has 2 rings (SSSR count). The second-order valence-corrected chi connectivity index (χ2v) is 6.39. The summed E-state index contributed by atoms with van der Waals surface area (Å²) in [4.78, 5) is 42.0. The van der Waals surface area contributed by atoms with Crippen molar-refractivity contribution < 1.29 is 9.53 Å². The van der Waals surface area contributed by atoms with Crippen molar-refractivity contribution in [2.24, 2.45) is 10.4 Å². The van der Waals surface area contributed by atoms with Gasteiger partial charge in [-0.1, -0.05) is 0 Å². The van der Waals surface area contributed by atoms with Crippen molar-refractivity contribution in [2.75, 3.05) is 14.1 Å². The molecule has 0 aliphatic rings. The third-order valence-electron chi connectivity index (χ3n) is 2.92. The standard InChI is InChI=1S/C15H20N6O3/c1-15(2,3)13(23)24-9-21-11-10(16-6-7-17-11)12(22)19-14(21)18-8-20(4)5/h6-8H,9H2,1-5H3/b18-8+. The van der Waals surface area contributed by atoms with Gasteiger partial charge in [0.1, 0.15) is 0 Å². The lowest BCUT2D eigenvalue weighted by atomic mass is 9.98. The van der Waals surface area contributed by atoms with Gasteiger partial charge >= 0.3 is 11.5 Å². The first-order valence-electron chi connectivity index (χ1n) is 7.29. The number of carbonyl (C=O) groups excluding carboxylic acids is 1. The molecule has 9 heteroatoms. The summed E-state index contributed by atoms with van der Waals surface area (Å²) in [6.07, 6.45) is 4.34. The molecule has 0 fully saturated rings. The Balaban J connectivity index is 2.51. The highest BCUT2D eigenvalue weighted by Gasteiger charge is 2.24. The first kappa shape index (κ1) is 17.5. The van der Waals surface area contributed by atoms with Gasteiger partial charge in [-0.2, -0.15) is 4.98 Å². The monoisotopic (exact) mass is 332 g/mol. The van der Waals surface area contributed by atoms with Gasteiger partial charge in [0.2, 0.25) is 5.95 Å². The minimum absolute atomic E-state index is 0.0865. The SMILES string of the molecule is CN(C)/C=N/c1nc(=O)c2nccnc2n1COC(=O)C(C)(C)C. The molecule has 0 spiro atoms. The first-order chi connectivity index (χ1) is 11.2. The van der Waals surface area contributed by atoms with E-state index < -0.39 is 11.0 Å². The maximum absolute atomic E-state index is 12.1. The fourth-order valence-electron chi connectivity index (χ4n) is 1.70. The maximum Gasteiger partial charge on any atom is 0.312 e. The summed E-state index contributed by atoms with van der Waals surface area (Å²) in [7, 11) is 3.57. The molecule has 0 radical (unpaired) electrons. The van der Waals surface area contributed by atoms with Crippen LogP contribution in [0.25, 0.3) is 11.2 Å². The minimum atomic E-state index is -0.652. The molecular weight excluding hydrogens is 312 g/mol. The van der Waals surface area contributed by atoms with Crippen molar-refractivity contribution in [3.05, 3.63) is 22.7 Å². The van der Waals surface area contributed by atoms with Crippen molar-refractivity contribution in [3.8, 4) is 0 Å². The Morgan fingerprint density at radius 2 is 2.00 bits per heavy atom. The van der Waals surface area contributed by atoms with Crippen LogP contribution in [0.3, 0.4) is 0 Å². The summed E-state index contributed by atoms with van der Waals surface area (Å²) in [5, 5.41) is 0. The summed E-state index contributed by atoms with van der Waals surface area (Å²) in [6.45, 7) is 5.09. The highest BCUT2D eigenvalue weighted by Crippen LogP contribution is 2.18. The van der Waals surface area contributed by atoms with E-state index in [1.165, 1.54) is 23.3 Å². The van der Waals surface area contributed by atoms with Crippen LogP contribution in [-0.4, -0.2) is 50.8 Å². The van der Waals surface area contributed by atoms with Crippen molar-refractivity contribution in [1.29, 1.82) is 0 Å². The Morgan fingerprint density at radius 1 is 1.33 bits per heavy atom. The Kier molecular flexibility index (Phi) is 4.91. The second-order valence-electron chi connectivity index (χ2n) is 6.39.